The highest BCUT2D eigenvalue weighted by molar-refractivity contribution is 5.80. The number of amides is 2. The van der Waals surface area contributed by atoms with Gasteiger partial charge < -0.3 is 14.2 Å². The van der Waals surface area contributed by atoms with E-state index < -0.39 is 0 Å². The number of fused-ring (bicyclic) bond motifs is 1. The molecule has 2 aliphatic heterocycles. The zero-order chi connectivity index (χ0) is 22.1. The molecule has 0 bridgehead atoms. The zero-order valence-corrected chi connectivity index (χ0v) is 18.6. The van der Waals surface area contributed by atoms with Crippen LogP contribution in [0.3, 0.4) is 0 Å². The molecule has 166 valence electrons. The first-order valence-corrected chi connectivity index (χ1v) is 11.6. The van der Waals surface area contributed by atoms with Crippen molar-refractivity contribution in [1.82, 2.24) is 19.2 Å². The van der Waals surface area contributed by atoms with Crippen molar-refractivity contribution in [2.75, 3.05) is 26.2 Å². The smallest absolute Gasteiger partial charge is 0.225 e. The summed E-state index contributed by atoms with van der Waals surface area (Å²) >= 11 is 0. The zero-order valence-electron chi connectivity index (χ0n) is 18.6. The molecule has 0 spiro atoms. The fraction of sp³-hybridized carbons (Fsp3) is 0.423. The van der Waals surface area contributed by atoms with Gasteiger partial charge in [-0.05, 0) is 43.4 Å². The maximum Gasteiger partial charge on any atom is 0.225 e. The molecule has 4 heterocycles. The van der Waals surface area contributed by atoms with Crippen molar-refractivity contribution < 1.29 is 9.59 Å². The first kappa shape index (κ1) is 20.7. The molecule has 2 fully saturated rings. The van der Waals surface area contributed by atoms with Crippen LogP contribution in [0, 0.1) is 5.92 Å². The average molecular weight is 431 g/mol. The van der Waals surface area contributed by atoms with E-state index in [9.17, 15) is 9.59 Å². The second kappa shape index (κ2) is 8.41. The summed E-state index contributed by atoms with van der Waals surface area (Å²) in [5.41, 5.74) is 3.11. The van der Waals surface area contributed by atoms with Gasteiger partial charge in [-0.25, -0.2) is 4.98 Å². The van der Waals surface area contributed by atoms with Crippen molar-refractivity contribution >= 4 is 17.5 Å². The summed E-state index contributed by atoms with van der Waals surface area (Å²) in [5, 5.41) is 0. The van der Waals surface area contributed by atoms with E-state index in [4.69, 9.17) is 4.98 Å². The van der Waals surface area contributed by atoms with Gasteiger partial charge in [0, 0.05) is 56.8 Å². The molecule has 2 saturated heterocycles. The Hall–Kier alpha value is -3.15. The fourth-order valence-corrected chi connectivity index (χ4v) is 5.42. The Morgan fingerprint density at radius 3 is 2.25 bits per heavy atom. The lowest BCUT2D eigenvalue weighted by Gasteiger charge is -2.43. The summed E-state index contributed by atoms with van der Waals surface area (Å²) in [6, 6.07) is 16.7. The highest BCUT2D eigenvalue weighted by Crippen LogP contribution is 2.41. The highest BCUT2D eigenvalue weighted by Gasteiger charge is 2.42. The first-order chi connectivity index (χ1) is 15.6. The molecule has 0 radical (unpaired) electrons. The summed E-state index contributed by atoms with van der Waals surface area (Å²) < 4.78 is 2.08. The van der Waals surface area contributed by atoms with Gasteiger partial charge in [0.05, 0.1) is 5.69 Å². The van der Waals surface area contributed by atoms with Crippen molar-refractivity contribution in [2.45, 2.75) is 38.0 Å². The molecule has 0 aliphatic carbocycles. The minimum absolute atomic E-state index is 0.0324. The number of pyridine rings is 1. The van der Waals surface area contributed by atoms with Gasteiger partial charge in [0.1, 0.15) is 5.65 Å². The third-order valence-electron chi connectivity index (χ3n) is 7.40. The van der Waals surface area contributed by atoms with Crippen LogP contribution < -0.4 is 0 Å². The van der Waals surface area contributed by atoms with Crippen molar-refractivity contribution in [2.24, 2.45) is 5.92 Å². The number of nitrogens with zero attached hydrogens (tertiary/aromatic N) is 4. The molecular weight excluding hydrogens is 400 g/mol. The van der Waals surface area contributed by atoms with Gasteiger partial charge in [-0.1, -0.05) is 36.4 Å². The van der Waals surface area contributed by atoms with Crippen LogP contribution in [0.4, 0.5) is 0 Å². The lowest BCUT2D eigenvalue weighted by Crippen LogP contribution is -2.49. The number of hydrogen-bond donors (Lipinski definition) is 0. The number of carbonyl (C=O) groups is 2. The molecule has 0 atom stereocenters. The van der Waals surface area contributed by atoms with Gasteiger partial charge in [-0.3, -0.25) is 9.59 Å². The summed E-state index contributed by atoms with van der Waals surface area (Å²) in [4.78, 5) is 33.8. The average Bonchev–Trinajstić information content (AvgIpc) is 3.29. The number of likely N-dealkylation sites (tertiary alicyclic amines) is 2. The van der Waals surface area contributed by atoms with E-state index in [1.165, 1.54) is 5.56 Å². The van der Waals surface area contributed by atoms with Crippen LogP contribution in [0.15, 0.2) is 60.9 Å². The lowest BCUT2D eigenvalue weighted by molar-refractivity contribution is -0.141. The second-order valence-electron chi connectivity index (χ2n) is 9.15. The normalized spacial score (nSPS) is 19.3. The molecule has 3 aromatic rings. The Kier molecular flexibility index (Phi) is 5.45. The molecule has 2 aliphatic rings. The maximum absolute atomic E-state index is 13.3. The molecule has 1 aromatic carbocycles. The number of imidazole rings is 1. The van der Waals surface area contributed by atoms with E-state index in [1.807, 2.05) is 40.3 Å². The summed E-state index contributed by atoms with van der Waals surface area (Å²) in [6.07, 6.45) is 7.45. The van der Waals surface area contributed by atoms with Crippen molar-refractivity contribution in [3.63, 3.8) is 0 Å². The van der Waals surface area contributed by atoms with Crippen molar-refractivity contribution in [1.29, 1.82) is 0 Å². The van der Waals surface area contributed by atoms with E-state index in [2.05, 4.69) is 34.9 Å². The largest absolute Gasteiger partial charge is 0.343 e. The van der Waals surface area contributed by atoms with Gasteiger partial charge in [0.25, 0.3) is 0 Å². The van der Waals surface area contributed by atoms with E-state index in [0.717, 1.165) is 50.1 Å². The SMILES string of the molecule is CC(=O)N1CCC(C(=O)N2CCC(c3ccccc3)(c3cn4ccccc4n3)CC2)CC1. The van der Waals surface area contributed by atoms with Gasteiger partial charge in [-0.15, -0.1) is 0 Å². The van der Waals surface area contributed by atoms with Crippen LogP contribution in [0.2, 0.25) is 0 Å². The summed E-state index contributed by atoms with van der Waals surface area (Å²) in [7, 11) is 0. The molecule has 0 N–H and O–H groups in total. The van der Waals surface area contributed by atoms with Crippen LogP contribution in [0.25, 0.3) is 5.65 Å². The summed E-state index contributed by atoms with van der Waals surface area (Å²) in [5.74, 6) is 0.392. The van der Waals surface area contributed by atoms with Crippen LogP contribution in [0.5, 0.6) is 0 Å². The number of rotatable bonds is 3. The Morgan fingerprint density at radius 1 is 0.906 bits per heavy atom. The first-order valence-electron chi connectivity index (χ1n) is 11.6. The van der Waals surface area contributed by atoms with E-state index >= 15 is 0 Å². The van der Waals surface area contributed by atoms with Crippen LogP contribution in [0.1, 0.15) is 43.9 Å². The number of hydrogen-bond acceptors (Lipinski definition) is 3. The predicted molar refractivity (Wildman–Crippen MR) is 123 cm³/mol. The molecule has 0 saturated carbocycles. The predicted octanol–water partition coefficient (Wildman–Crippen LogP) is 3.50. The van der Waals surface area contributed by atoms with Crippen LogP contribution >= 0.6 is 0 Å². The number of carbonyl (C=O) groups excluding carboxylic acids is 2. The molecule has 2 amide bonds. The van der Waals surface area contributed by atoms with Gasteiger partial charge >= 0.3 is 0 Å². The Bertz CT molecular complexity index is 1070. The van der Waals surface area contributed by atoms with E-state index in [1.54, 1.807) is 6.92 Å². The molecular formula is C26H30N4O2. The number of benzene rings is 1. The van der Waals surface area contributed by atoms with E-state index in [0.29, 0.717) is 13.1 Å². The fourth-order valence-electron chi connectivity index (χ4n) is 5.42. The molecule has 5 rings (SSSR count). The van der Waals surface area contributed by atoms with E-state index in [-0.39, 0.29) is 23.1 Å². The van der Waals surface area contributed by atoms with Crippen LogP contribution in [-0.4, -0.2) is 57.2 Å². The van der Waals surface area contributed by atoms with Crippen molar-refractivity contribution in [3.05, 3.63) is 72.2 Å². The Balaban J connectivity index is 1.36. The summed E-state index contributed by atoms with van der Waals surface area (Å²) in [6.45, 7) is 4.45. The third-order valence-corrected chi connectivity index (χ3v) is 7.40. The monoisotopic (exact) mass is 430 g/mol. The minimum Gasteiger partial charge on any atom is -0.343 e. The van der Waals surface area contributed by atoms with Gasteiger partial charge in [-0.2, -0.15) is 0 Å². The second-order valence-corrected chi connectivity index (χ2v) is 9.15. The molecule has 2 aromatic heterocycles. The molecule has 6 nitrogen and oxygen atoms in total. The minimum atomic E-state index is -0.192. The van der Waals surface area contributed by atoms with Gasteiger partial charge in [0.2, 0.25) is 11.8 Å². The number of aromatic nitrogens is 2. The molecule has 32 heavy (non-hydrogen) atoms. The standard InChI is InChI=1S/C26H30N4O2/c1-20(31)28-15-10-21(11-16-28)25(32)29-17-12-26(13-18-29,22-7-3-2-4-8-22)23-19-30-14-6-5-9-24(30)27-23/h2-9,14,19,21H,10-13,15-18H2,1H3. The number of piperidine rings is 2. The van der Waals surface area contributed by atoms with Gasteiger partial charge in [0.15, 0.2) is 0 Å². The Morgan fingerprint density at radius 2 is 1.59 bits per heavy atom. The third kappa shape index (κ3) is 3.68. The molecule has 0 unspecified atom stereocenters. The lowest BCUT2D eigenvalue weighted by atomic mass is 9.70. The molecule has 6 heteroatoms. The topological polar surface area (TPSA) is 57.9 Å². The highest BCUT2D eigenvalue weighted by atomic mass is 16.2. The maximum atomic E-state index is 13.3. The van der Waals surface area contributed by atoms with Crippen LogP contribution in [-0.2, 0) is 15.0 Å². The quantitative estimate of drug-likeness (QED) is 0.639. The van der Waals surface area contributed by atoms with Crippen molar-refractivity contribution in [3.8, 4) is 0 Å². The Labute approximate surface area is 188 Å².